The molecule has 2 heterocycles. The highest BCUT2D eigenvalue weighted by atomic mass is 16.5. The van der Waals surface area contributed by atoms with Gasteiger partial charge in [-0.05, 0) is 30.2 Å². The molecule has 0 fully saturated rings. The van der Waals surface area contributed by atoms with E-state index in [2.05, 4.69) is 31.0 Å². The van der Waals surface area contributed by atoms with Gasteiger partial charge in [0.05, 0.1) is 33.2 Å². The van der Waals surface area contributed by atoms with Crippen molar-refractivity contribution in [3.05, 3.63) is 48.2 Å². The Labute approximate surface area is 174 Å². The van der Waals surface area contributed by atoms with Crippen molar-refractivity contribution >= 4 is 23.3 Å². The molecular weight excluding hydrogens is 386 g/mol. The molecule has 158 valence electrons. The van der Waals surface area contributed by atoms with Crippen molar-refractivity contribution in [2.75, 3.05) is 43.9 Å². The first-order chi connectivity index (χ1) is 14.6. The Morgan fingerprint density at radius 1 is 0.900 bits per heavy atom. The van der Waals surface area contributed by atoms with Crippen LogP contribution in [-0.2, 0) is 6.42 Å². The fourth-order valence-electron chi connectivity index (χ4n) is 2.74. The molecule has 0 aliphatic heterocycles. The number of aromatic nitrogens is 3. The highest BCUT2D eigenvalue weighted by Gasteiger charge is 2.07. The van der Waals surface area contributed by atoms with Crippen molar-refractivity contribution in [2.45, 2.75) is 6.42 Å². The number of benzene rings is 1. The van der Waals surface area contributed by atoms with Gasteiger partial charge in [-0.3, -0.25) is 0 Å². The number of hydrazine groups is 1. The zero-order valence-corrected chi connectivity index (χ0v) is 17.1. The monoisotopic (exact) mass is 411 g/mol. The Morgan fingerprint density at radius 2 is 1.70 bits per heavy atom. The molecule has 10 heteroatoms. The molecule has 30 heavy (non-hydrogen) atoms. The van der Waals surface area contributed by atoms with Gasteiger partial charge in [0.1, 0.15) is 11.6 Å². The molecular formula is C20H25N7O3. The van der Waals surface area contributed by atoms with E-state index in [0.717, 1.165) is 17.7 Å². The summed E-state index contributed by atoms with van der Waals surface area (Å²) < 4.78 is 15.7. The normalized spacial score (nSPS) is 10.3. The largest absolute Gasteiger partial charge is 0.493 e. The predicted molar refractivity (Wildman–Crippen MR) is 116 cm³/mol. The minimum absolute atomic E-state index is 0.381. The maximum Gasteiger partial charge on any atom is 0.231 e. The van der Waals surface area contributed by atoms with Crippen molar-refractivity contribution < 1.29 is 14.2 Å². The number of methoxy groups -OCH3 is 3. The molecule has 0 aliphatic carbocycles. The Bertz CT molecular complexity index is 967. The second kappa shape index (κ2) is 10.1. The van der Waals surface area contributed by atoms with E-state index in [9.17, 15) is 0 Å². The molecule has 0 atom stereocenters. The molecule has 0 radical (unpaired) electrons. The smallest absolute Gasteiger partial charge is 0.231 e. The van der Waals surface area contributed by atoms with Gasteiger partial charge in [-0.15, -0.1) is 0 Å². The van der Waals surface area contributed by atoms with Crippen molar-refractivity contribution in [1.82, 2.24) is 15.0 Å². The lowest BCUT2D eigenvalue weighted by Crippen LogP contribution is -2.13. The van der Waals surface area contributed by atoms with Crippen LogP contribution in [0.5, 0.6) is 17.4 Å². The Balaban J connectivity index is 1.66. The molecule has 10 nitrogen and oxygen atoms in total. The van der Waals surface area contributed by atoms with Crippen molar-refractivity contribution in [3.63, 3.8) is 0 Å². The standard InChI is InChI=1S/C20H25N7O3/c1-28-15-6-4-13(10-16(15)29-2)8-9-22-17-11-18(27-21)26-20(25-17)24-14-5-7-19(30-3)23-12-14/h4-7,10-12H,8-9,21H2,1-3H3,(H3,22,24,25,26,27). The lowest BCUT2D eigenvalue weighted by molar-refractivity contribution is 0.354. The molecule has 0 amide bonds. The third kappa shape index (κ3) is 5.39. The van der Waals surface area contributed by atoms with E-state index in [4.69, 9.17) is 20.1 Å². The molecule has 0 spiro atoms. The molecule has 0 saturated heterocycles. The van der Waals surface area contributed by atoms with E-state index in [0.29, 0.717) is 41.5 Å². The van der Waals surface area contributed by atoms with E-state index < -0.39 is 0 Å². The van der Waals surface area contributed by atoms with Gasteiger partial charge in [-0.1, -0.05) is 6.07 Å². The number of hydrogen-bond donors (Lipinski definition) is 4. The topological polar surface area (TPSA) is 128 Å². The number of anilines is 4. The summed E-state index contributed by atoms with van der Waals surface area (Å²) in [7, 11) is 4.80. The summed E-state index contributed by atoms with van der Waals surface area (Å²) in [6.07, 6.45) is 2.40. The Morgan fingerprint density at radius 3 is 2.37 bits per heavy atom. The molecule has 0 bridgehead atoms. The fraction of sp³-hybridized carbons (Fsp3) is 0.250. The van der Waals surface area contributed by atoms with Crippen LogP contribution in [0, 0.1) is 0 Å². The summed E-state index contributed by atoms with van der Waals surface area (Å²) in [6.45, 7) is 0.653. The summed E-state index contributed by atoms with van der Waals surface area (Å²) in [4.78, 5) is 12.9. The van der Waals surface area contributed by atoms with Crippen molar-refractivity contribution in [1.29, 1.82) is 0 Å². The van der Waals surface area contributed by atoms with Gasteiger partial charge in [0, 0.05) is 18.7 Å². The predicted octanol–water partition coefficient (Wildman–Crippen LogP) is 2.58. The number of pyridine rings is 1. The van der Waals surface area contributed by atoms with Gasteiger partial charge in [-0.25, -0.2) is 10.8 Å². The molecule has 0 aliphatic rings. The maximum absolute atomic E-state index is 5.55. The van der Waals surface area contributed by atoms with Crippen LogP contribution in [0.1, 0.15) is 5.56 Å². The van der Waals surface area contributed by atoms with Crippen molar-refractivity contribution in [3.8, 4) is 17.4 Å². The van der Waals surface area contributed by atoms with Gasteiger partial charge in [0.2, 0.25) is 11.8 Å². The lowest BCUT2D eigenvalue weighted by atomic mass is 10.1. The Hall–Kier alpha value is -3.79. The Kier molecular flexibility index (Phi) is 7.06. The quantitative estimate of drug-likeness (QED) is 0.292. The summed E-state index contributed by atoms with van der Waals surface area (Å²) in [5.74, 6) is 8.96. The van der Waals surface area contributed by atoms with Crippen LogP contribution >= 0.6 is 0 Å². The highest BCUT2D eigenvalue weighted by Crippen LogP contribution is 2.27. The zero-order valence-electron chi connectivity index (χ0n) is 17.1. The molecule has 0 unspecified atom stereocenters. The van der Waals surface area contributed by atoms with E-state index in [-0.39, 0.29) is 0 Å². The molecule has 5 N–H and O–H groups in total. The van der Waals surface area contributed by atoms with Crippen LogP contribution in [-0.4, -0.2) is 42.8 Å². The van der Waals surface area contributed by atoms with E-state index in [1.165, 1.54) is 0 Å². The molecule has 3 rings (SSSR count). The maximum atomic E-state index is 5.55. The third-order valence-electron chi connectivity index (χ3n) is 4.24. The number of nitrogens with two attached hydrogens (primary N) is 1. The minimum Gasteiger partial charge on any atom is -0.493 e. The highest BCUT2D eigenvalue weighted by molar-refractivity contribution is 5.58. The van der Waals surface area contributed by atoms with E-state index in [1.54, 1.807) is 39.7 Å². The molecule has 3 aromatic rings. The van der Waals surface area contributed by atoms with Gasteiger partial charge >= 0.3 is 0 Å². The first kappa shape index (κ1) is 20.9. The summed E-state index contributed by atoms with van der Waals surface area (Å²) in [5.41, 5.74) is 4.38. The number of ether oxygens (including phenoxy) is 3. The average Bonchev–Trinajstić information content (AvgIpc) is 2.79. The van der Waals surface area contributed by atoms with Gasteiger partial charge in [0.25, 0.3) is 0 Å². The number of nitrogens with one attached hydrogen (secondary N) is 3. The number of hydrogen-bond acceptors (Lipinski definition) is 10. The average molecular weight is 411 g/mol. The third-order valence-corrected chi connectivity index (χ3v) is 4.24. The molecule has 1 aromatic carbocycles. The van der Waals surface area contributed by atoms with Crippen LogP contribution in [0.25, 0.3) is 0 Å². The second-order valence-electron chi connectivity index (χ2n) is 6.19. The lowest BCUT2D eigenvalue weighted by Gasteiger charge is -2.12. The number of rotatable bonds is 10. The van der Waals surface area contributed by atoms with Crippen molar-refractivity contribution in [2.24, 2.45) is 5.84 Å². The van der Waals surface area contributed by atoms with Crippen LogP contribution in [0.15, 0.2) is 42.6 Å². The fourth-order valence-corrected chi connectivity index (χ4v) is 2.74. The van der Waals surface area contributed by atoms with Crippen LogP contribution in [0.3, 0.4) is 0 Å². The molecule has 2 aromatic heterocycles. The SMILES string of the molecule is COc1ccc(Nc2nc(NN)cc(NCCc3ccc(OC)c(OC)c3)n2)cn1. The first-order valence-corrected chi connectivity index (χ1v) is 9.22. The van der Waals surface area contributed by atoms with Gasteiger partial charge in [0.15, 0.2) is 11.5 Å². The van der Waals surface area contributed by atoms with Gasteiger partial charge < -0.3 is 30.3 Å². The first-order valence-electron chi connectivity index (χ1n) is 9.22. The molecule has 0 saturated carbocycles. The van der Waals surface area contributed by atoms with E-state index in [1.807, 2.05) is 24.3 Å². The summed E-state index contributed by atoms with van der Waals surface area (Å²) in [6, 6.07) is 11.1. The summed E-state index contributed by atoms with van der Waals surface area (Å²) in [5, 5.41) is 6.38. The zero-order chi connectivity index (χ0) is 21.3. The summed E-state index contributed by atoms with van der Waals surface area (Å²) >= 11 is 0. The van der Waals surface area contributed by atoms with Crippen LogP contribution < -0.4 is 36.1 Å². The number of nitrogen functional groups attached to an aromatic ring is 1. The minimum atomic E-state index is 0.381. The second-order valence-corrected chi connectivity index (χ2v) is 6.19. The number of nitrogens with zero attached hydrogens (tertiary/aromatic N) is 3. The van der Waals surface area contributed by atoms with Crippen LogP contribution in [0.2, 0.25) is 0 Å². The van der Waals surface area contributed by atoms with Gasteiger partial charge in [-0.2, -0.15) is 9.97 Å². The van der Waals surface area contributed by atoms with E-state index >= 15 is 0 Å². The van der Waals surface area contributed by atoms with Crippen LogP contribution in [0.4, 0.5) is 23.3 Å².